The summed E-state index contributed by atoms with van der Waals surface area (Å²) in [6.45, 7) is 0.856. The maximum Gasteiger partial charge on any atom is 0.0714 e. The summed E-state index contributed by atoms with van der Waals surface area (Å²) >= 11 is 11.9. The van der Waals surface area contributed by atoms with E-state index in [1.165, 1.54) is 6.42 Å². The lowest BCUT2D eigenvalue weighted by atomic mass is 9.93. The fourth-order valence-electron chi connectivity index (χ4n) is 2.42. The number of ether oxygens (including phenoxy) is 1. The standard InChI is InChI=1S/C15H17Cl2NO/c16-14-7-5-11(9-15(14)17)12(10-18)4-6-13-3-1-2-8-19-13/h5,7,9,12-13H,1-4,6,8H2. The summed E-state index contributed by atoms with van der Waals surface area (Å²) < 4.78 is 5.69. The molecule has 0 aromatic heterocycles. The third-order valence-electron chi connectivity index (χ3n) is 3.55. The molecule has 1 fully saturated rings. The Morgan fingerprint density at radius 1 is 1.32 bits per heavy atom. The van der Waals surface area contributed by atoms with E-state index >= 15 is 0 Å². The number of benzene rings is 1. The molecule has 1 aromatic rings. The van der Waals surface area contributed by atoms with Crippen molar-refractivity contribution < 1.29 is 4.74 Å². The topological polar surface area (TPSA) is 33.0 Å². The summed E-state index contributed by atoms with van der Waals surface area (Å²) in [6.07, 6.45) is 5.55. The second-order valence-corrected chi connectivity index (χ2v) is 5.74. The summed E-state index contributed by atoms with van der Waals surface area (Å²) in [7, 11) is 0. The van der Waals surface area contributed by atoms with E-state index in [-0.39, 0.29) is 5.92 Å². The lowest BCUT2D eigenvalue weighted by Gasteiger charge is -2.23. The Kier molecular flexibility index (Phi) is 5.51. The molecule has 4 heteroatoms. The van der Waals surface area contributed by atoms with Crippen LogP contribution < -0.4 is 0 Å². The maximum atomic E-state index is 9.30. The normalized spacial score (nSPS) is 20.8. The summed E-state index contributed by atoms with van der Waals surface area (Å²) in [5.74, 6) is -0.139. The van der Waals surface area contributed by atoms with Gasteiger partial charge >= 0.3 is 0 Å². The monoisotopic (exact) mass is 297 g/mol. The highest BCUT2D eigenvalue weighted by molar-refractivity contribution is 6.42. The minimum atomic E-state index is -0.139. The van der Waals surface area contributed by atoms with Gasteiger partial charge < -0.3 is 4.74 Å². The molecule has 0 aliphatic carbocycles. The van der Waals surface area contributed by atoms with Gasteiger partial charge in [0.2, 0.25) is 0 Å². The van der Waals surface area contributed by atoms with Gasteiger partial charge in [-0.25, -0.2) is 0 Å². The van der Waals surface area contributed by atoms with Gasteiger partial charge in [-0.05, 0) is 49.8 Å². The lowest BCUT2D eigenvalue weighted by molar-refractivity contribution is 0.00972. The molecule has 1 saturated heterocycles. The van der Waals surface area contributed by atoms with Gasteiger partial charge in [-0.15, -0.1) is 0 Å². The largest absolute Gasteiger partial charge is 0.378 e. The summed E-state index contributed by atoms with van der Waals surface area (Å²) in [5.41, 5.74) is 0.938. The molecule has 2 rings (SSSR count). The Labute approximate surface area is 124 Å². The van der Waals surface area contributed by atoms with Gasteiger partial charge in [-0.2, -0.15) is 5.26 Å². The molecule has 2 nitrogen and oxygen atoms in total. The van der Waals surface area contributed by atoms with Crippen molar-refractivity contribution in [1.29, 1.82) is 5.26 Å². The lowest BCUT2D eigenvalue weighted by Crippen LogP contribution is -2.19. The summed E-state index contributed by atoms with van der Waals surface area (Å²) in [4.78, 5) is 0. The molecule has 0 saturated carbocycles. The van der Waals surface area contributed by atoms with Crippen LogP contribution in [0.3, 0.4) is 0 Å². The van der Waals surface area contributed by atoms with Gasteiger partial charge in [0.25, 0.3) is 0 Å². The van der Waals surface area contributed by atoms with E-state index in [4.69, 9.17) is 27.9 Å². The summed E-state index contributed by atoms with van der Waals surface area (Å²) in [5, 5.41) is 10.3. The van der Waals surface area contributed by atoms with Crippen molar-refractivity contribution in [1.82, 2.24) is 0 Å². The van der Waals surface area contributed by atoms with E-state index in [1.807, 2.05) is 6.07 Å². The van der Waals surface area contributed by atoms with Crippen LogP contribution in [0.2, 0.25) is 10.0 Å². The molecule has 0 spiro atoms. The van der Waals surface area contributed by atoms with Crippen molar-refractivity contribution in [3.05, 3.63) is 33.8 Å². The summed E-state index contributed by atoms with van der Waals surface area (Å²) in [6, 6.07) is 7.77. The smallest absolute Gasteiger partial charge is 0.0714 e. The third-order valence-corrected chi connectivity index (χ3v) is 4.29. The highest BCUT2D eigenvalue weighted by atomic mass is 35.5. The Morgan fingerprint density at radius 2 is 2.16 bits per heavy atom. The molecule has 102 valence electrons. The first-order chi connectivity index (χ1) is 9.20. The van der Waals surface area contributed by atoms with E-state index in [1.54, 1.807) is 12.1 Å². The molecule has 1 aliphatic heterocycles. The van der Waals surface area contributed by atoms with Crippen LogP contribution in [0.15, 0.2) is 18.2 Å². The van der Waals surface area contributed by atoms with E-state index in [0.29, 0.717) is 16.1 Å². The molecule has 19 heavy (non-hydrogen) atoms. The third kappa shape index (κ3) is 4.11. The van der Waals surface area contributed by atoms with Crippen LogP contribution in [0.4, 0.5) is 0 Å². The van der Waals surface area contributed by atoms with E-state index in [0.717, 1.165) is 37.9 Å². The number of nitriles is 1. The van der Waals surface area contributed by atoms with Crippen LogP contribution in [0.25, 0.3) is 0 Å². The van der Waals surface area contributed by atoms with Gasteiger partial charge in [0.15, 0.2) is 0 Å². The predicted molar refractivity (Wildman–Crippen MR) is 77.6 cm³/mol. The van der Waals surface area contributed by atoms with E-state index in [9.17, 15) is 5.26 Å². The van der Waals surface area contributed by atoms with Crippen molar-refractivity contribution >= 4 is 23.2 Å². The van der Waals surface area contributed by atoms with Crippen LogP contribution in [0, 0.1) is 11.3 Å². The molecule has 0 amide bonds. The zero-order valence-electron chi connectivity index (χ0n) is 10.7. The van der Waals surface area contributed by atoms with Gasteiger partial charge in [0.05, 0.1) is 28.1 Å². The average molecular weight is 298 g/mol. The minimum Gasteiger partial charge on any atom is -0.378 e. The van der Waals surface area contributed by atoms with Crippen molar-refractivity contribution in [2.24, 2.45) is 0 Å². The van der Waals surface area contributed by atoms with Gasteiger partial charge in [0.1, 0.15) is 0 Å². The zero-order valence-corrected chi connectivity index (χ0v) is 12.3. The molecule has 1 aromatic carbocycles. The van der Waals surface area contributed by atoms with Crippen molar-refractivity contribution in [2.45, 2.75) is 44.1 Å². The number of hydrogen-bond acceptors (Lipinski definition) is 2. The Balaban J connectivity index is 1.95. The first-order valence-corrected chi connectivity index (χ1v) is 7.42. The van der Waals surface area contributed by atoms with Crippen LogP contribution in [-0.2, 0) is 4.74 Å². The quantitative estimate of drug-likeness (QED) is 0.788. The average Bonchev–Trinajstić information content (AvgIpc) is 2.44. The van der Waals surface area contributed by atoms with Crippen molar-refractivity contribution in [3.63, 3.8) is 0 Å². The molecule has 0 radical (unpaired) electrons. The molecule has 2 atom stereocenters. The van der Waals surface area contributed by atoms with Gasteiger partial charge in [0, 0.05) is 6.61 Å². The van der Waals surface area contributed by atoms with Gasteiger partial charge in [-0.1, -0.05) is 29.3 Å². The molecule has 0 N–H and O–H groups in total. The Hall–Kier alpha value is -0.750. The first kappa shape index (κ1) is 14.7. The van der Waals surface area contributed by atoms with Crippen LogP contribution in [-0.4, -0.2) is 12.7 Å². The number of rotatable bonds is 4. The van der Waals surface area contributed by atoms with Crippen LogP contribution >= 0.6 is 23.2 Å². The van der Waals surface area contributed by atoms with Crippen LogP contribution in [0.1, 0.15) is 43.6 Å². The number of hydrogen-bond donors (Lipinski definition) is 0. The molecule has 2 unspecified atom stereocenters. The predicted octanol–water partition coefficient (Wildman–Crippen LogP) is 4.95. The van der Waals surface area contributed by atoms with E-state index < -0.39 is 0 Å². The second-order valence-electron chi connectivity index (χ2n) is 4.92. The van der Waals surface area contributed by atoms with Crippen LogP contribution in [0.5, 0.6) is 0 Å². The molecule has 1 aliphatic rings. The molecule has 0 bridgehead atoms. The first-order valence-electron chi connectivity index (χ1n) is 6.67. The minimum absolute atomic E-state index is 0.139. The van der Waals surface area contributed by atoms with Gasteiger partial charge in [-0.3, -0.25) is 0 Å². The highest BCUT2D eigenvalue weighted by Crippen LogP contribution is 2.29. The SMILES string of the molecule is N#CC(CCC1CCCCO1)c1ccc(Cl)c(Cl)c1. The fourth-order valence-corrected chi connectivity index (χ4v) is 2.73. The molecular formula is C15H17Cl2NO. The van der Waals surface area contributed by atoms with Crippen molar-refractivity contribution in [3.8, 4) is 6.07 Å². The second kappa shape index (κ2) is 7.14. The molecule has 1 heterocycles. The maximum absolute atomic E-state index is 9.30. The zero-order chi connectivity index (χ0) is 13.7. The number of halogens is 2. The fraction of sp³-hybridized carbons (Fsp3) is 0.533. The highest BCUT2D eigenvalue weighted by Gasteiger charge is 2.18. The number of nitrogens with zero attached hydrogens (tertiary/aromatic N) is 1. The van der Waals surface area contributed by atoms with Crippen molar-refractivity contribution in [2.75, 3.05) is 6.61 Å². The molecular weight excluding hydrogens is 281 g/mol. The Bertz CT molecular complexity index is 464. The Morgan fingerprint density at radius 3 is 2.79 bits per heavy atom. The van der Waals surface area contributed by atoms with E-state index in [2.05, 4.69) is 6.07 Å².